The molecule has 0 fully saturated rings. The molecule has 0 spiro atoms. The average molecular weight is 327 g/mol. The van der Waals surface area contributed by atoms with Gasteiger partial charge in [0.1, 0.15) is 11.9 Å². The second-order valence-corrected chi connectivity index (χ2v) is 5.91. The fourth-order valence-corrected chi connectivity index (χ4v) is 3.20. The van der Waals surface area contributed by atoms with Gasteiger partial charge in [-0.3, -0.25) is 0 Å². The second-order valence-electron chi connectivity index (χ2n) is 4.31. The fraction of sp³-hybridized carbons (Fsp3) is 0.286. The Balaban J connectivity index is 2.17. The first-order valence-electron chi connectivity index (χ1n) is 5.74. The number of ether oxygens (including phenoxy) is 1. The Hall–Kier alpha value is -0.840. The van der Waals surface area contributed by atoms with Gasteiger partial charge in [0.2, 0.25) is 0 Å². The molecule has 0 aliphatic carbocycles. The molecule has 1 atom stereocenters. The summed E-state index contributed by atoms with van der Waals surface area (Å²) >= 11 is 5.01. The van der Waals surface area contributed by atoms with Gasteiger partial charge >= 0.3 is 0 Å². The first kappa shape index (κ1) is 13.6. The van der Waals surface area contributed by atoms with Gasteiger partial charge in [0.15, 0.2) is 0 Å². The molecule has 4 heteroatoms. The molecular formula is C14H15BrO2S. The van der Waals surface area contributed by atoms with Crippen LogP contribution in [0.15, 0.2) is 39.5 Å². The van der Waals surface area contributed by atoms with Crippen LogP contribution in [0.3, 0.4) is 0 Å². The lowest BCUT2D eigenvalue weighted by molar-refractivity contribution is 0.219. The fourth-order valence-electron chi connectivity index (χ4n) is 1.67. The Morgan fingerprint density at radius 3 is 2.33 bits per heavy atom. The van der Waals surface area contributed by atoms with Crippen molar-refractivity contribution in [2.75, 3.05) is 0 Å². The molecule has 0 aliphatic heterocycles. The lowest BCUT2D eigenvalue weighted by atomic mass is 10.0. The molecule has 1 unspecified atom stereocenters. The molecule has 2 rings (SSSR count). The predicted octanol–water partition coefficient (Wildman–Crippen LogP) is 4.38. The van der Waals surface area contributed by atoms with E-state index in [-0.39, 0.29) is 6.10 Å². The van der Waals surface area contributed by atoms with Gasteiger partial charge in [0.05, 0.1) is 6.10 Å². The number of benzene rings is 1. The maximum absolute atomic E-state index is 10.3. The van der Waals surface area contributed by atoms with E-state index in [0.717, 1.165) is 21.3 Å². The molecule has 0 radical (unpaired) electrons. The maximum Gasteiger partial charge on any atom is 0.119 e. The van der Waals surface area contributed by atoms with Crippen LogP contribution in [0.2, 0.25) is 0 Å². The van der Waals surface area contributed by atoms with E-state index < -0.39 is 6.10 Å². The highest BCUT2D eigenvalue weighted by atomic mass is 79.9. The molecule has 2 nitrogen and oxygen atoms in total. The molecule has 0 saturated carbocycles. The van der Waals surface area contributed by atoms with Gasteiger partial charge < -0.3 is 9.84 Å². The molecule has 1 aromatic carbocycles. The van der Waals surface area contributed by atoms with E-state index in [1.54, 1.807) is 11.3 Å². The summed E-state index contributed by atoms with van der Waals surface area (Å²) in [4.78, 5) is 0. The molecule has 0 amide bonds. The normalized spacial score (nSPS) is 12.7. The van der Waals surface area contributed by atoms with Crippen LogP contribution in [0.25, 0.3) is 0 Å². The average Bonchev–Trinajstić information content (AvgIpc) is 2.75. The van der Waals surface area contributed by atoms with E-state index >= 15 is 0 Å². The van der Waals surface area contributed by atoms with E-state index in [0.29, 0.717) is 0 Å². The van der Waals surface area contributed by atoms with Gasteiger partial charge in [-0.05, 0) is 52.9 Å². The summed E-state index contributed by atoms with van der Waals surface area (Å²) in [7, 11) is 0. The largest absolute Gasteiger partial charge is 0.491 e. The number of hydrogen-bond donors (Lipinski definition) is 1. The molecule has 1 aromatic heterocycles. The summed E-state index contributed by atoms with van der Waals surface area (Å²) in [6.45, 7) is 3.98. The van der Waals surface area contributed by atoms with E-state index in [1.165, 1.54) is 0 Å². The zero-order valence-corrected chi connectivity index (χ0v) is 12.7. The zero-order valence-electron chi connectivity index (χ0n) is 10.3. The number of aliphatic hydroxyl groups excluding tert-OH is 1. The van der Waals surface area contributed by atoms with Crippen molar-refractivity contribution < 1.29 is 9.84 Å². The van der Waals surface area contributed by atoms with Gasteiger partial charge in [-0.15, -0.1) is 0 Å². The zero-order chi connectivity index (χ0) is 13.1. The van der Waals surface area contributed by atoms with Gasteiger partial charge in [-0.2, -0.15) is 11.3 Å². The van der Waals surface area contributed by atoms with E-state index in [1.807, 2.05) is 48.9 Å². The van der Waals surface area contributed by atoms with Crippen molar-refractivity contribution in [2.24, 2.45) is 0 Å². The van der Waals surface area contributed by atoms with Crippen LogP contribution in [-0.2, 0) is 0 Å². The van der Waals surface area contributed by atoms with Crippen molar-refractivity contribution in [2.45, 2.75) is 26.1 Å². The van der Waals surface area contributed by atoms with Crippen molar-refractivity contribution in [1.82, 2.24) is 0 Å². The van der Waals surface area contributed by atoms with Crippen LogP contribution in [0, 0.1) is 0 Å². The van der Waals surface area contributed by atoms with Crippen LogP contribution >= 0.6 is 27.3 Å². The quantitative estimate of drug-likeness (QED) is 0.903. The molecule has 0 bridgehead atoms. The molecule has 1 heterocycles. The molecule has 96 valence electrons. The van der Waals surface area contributed by atoms with Crippen LogP contribution < -0.4 is 4.74 Å². The van der Waals surface area contributed by atoms with Gasteiger partial charge in [-0.25, -0.2) is 0 Å². The summed E-state index contributed by atoms with van der Waals surface area (Å²) in [6, 6.07) is 7.57. The molecule has 0 saturated heterocycles. The maximum atomic E-state index is 10.3. The summed E-state index contributed by atoms with van der Waals surface area (Å²) < 4.78 is 6.52. The van der Waals surface area contributed by atoms with Crippen LogP contribution in [0.1, 0.15) is 31.1 Å². The van der Waals surface area contributed by atoms with Gasteiger partial charge in [0, 0.05) is 15.4 Å². The van der Waals surface area contributed by atoms with Gasteiger partial charge in [-0.1, -0.05) is 12.1 Å². The SMILES string of the molecule is CC(C)Oc1ccc(C(O)c2cscc2Br)cc1. The highest BCUT2D eigenvalue weighted by Crippen LogP contribution is 2.32. The predicted molar refractivity (Wildman–Crippen MR) is 78.3 cm³/mol. The monoisotopic (exact) mass is 326 g/mol. The number of hydrogen-bond acceptors (Lipinski definition) is 3. The Bertz CT molecular complexity index is 505. The topological polar surface area (TPSA) is 29.5 Å². The minimum atomic E-state index is -0.598. The van der Waals surface area contributed by atoms with Crippen LogP contribution in [0.4, 0.5) is 0 Å². The van der Waals surface area contributed by atoms with E-state index in [4.69, 9.17) is 4.74 Å². The van der Waals surface area contributed by atoms with Gasteiger partial charge in [0.25, 0.3) is 0 Å². The highest BCUT2D eigenvalue weighted by molar-refractivity contribution is 9.10. The Labute approximate surface area is 119 Å². The third-order valence-corrected chi connectivity index (χ3v) is 4.26. The summed E-state index contributed by atoms with van der Waals surface area (Å²) in [5, 5.41) is 14.2. The summed E-state index contributed by atoms with van der Waals surface area (Å²) in [5.74, 6) is 0.824. The summed E-state index contributed by atoms with van der Waals surface area (Å²) in [6.07, 6.45) is -0.439. The van der Waals surface area contributed by atoms with Crippen LogP contribution in [0.5, 0.6) is 5.75 Å². The smallest absolute Gasteiger partial charge is 0.119 e. The standard InChI is InChI=1S/C14H15BrO2S/c1-9(2)17-11-5-3-10(4-6-11)14(16)12-7-18-8-13(12)15/h3-9,14,16H,1-2H3. The molecule has 2 aromatic rings. The summed E-state index contributed by atoms with van der Waals surface area (Å²) in [5.41, 5.74) is 1.77. The van der Waals surface area contributed by atoms with Crippen LogP contribution in [-0.4, -0.2) is 11.2 Å². The van der Waals surface area contributed by atoms with Crippen molar-refractivity contribution in [1.29, 1.82) is 0 Å². The Morgan fingerprint density at radius 2 is 1.83 bits per heavy atom. The van der Waals surface area contributed by atoms with Crippen molar-refractivity contribution in [3.63, 3.8) is 0 Å². The number of thiophene rings is 1. The van der Waals surface area contributed by atoms with E-state index in [9.17, 15) is 5.11 Å². The molecule has 18 heavy (non-hydrogen) atoms. The van der Waals surface area contributed by atoms with E-state index in [2.05, 4.69) is 15.9 Å². The molecule has 0 aliphatic rings. The minimum absolute atomic E-state index is 0.159. The highest BCUT2D eigenvalue weighted by Gasteiger charge is 2.14. The minimum Gasteiger partial charge on any atom is -0.491 e. The number of aliphatic hydroxyl groups is 1. The van der Waals surface area contributed by atoms with Crippen molar-refractivity contribution >= 4 is 27.3 Å². The van der Waals surface area contributed by atoms with Crippen molar-refractivity contribution in [3.8, 4) is 5.75 Å². The first-order chi connectivity index (χ1) is 8.58. The Kier molecular flexibility index (Phi) is 4.43. The number of halogens is 1. The first-order valence-corrected chi connectivity index (χ1v) is 7.47. The molecule has 1 N–H and O–H groups in total. The lowest BCUT2D eigenvalue weighted by Crippen LogP contribution is -2.05. The number of rotatable bonds is 4. The third kappa shape index (κ3) is 3.13. The molecular weight excluding hydrogens is 312 g/mol. The third-order valence-electron chi connectivity index (χ3n) is 2.50. The van der Waals surface area contributed by atoms with Crippen molar-refractivity contribution in [3.05, 3.63) is 50.6 Å². The second kappa shape index (κ2) is 5.87. The lowest BCUT2D eigenvalue weighted by Gasteiger charge is -2.13. The Morgan fingerprint density at radius 1 is 1.17 bits per heavy atom.